The number of ether oxygens (including phenoxy) is 1. The zero-order valence-electron chi connectivity index (χ0n) is 7.60. The van der Waals surface area contributed by atoms with Crippen LogP contribution in [0.1, 0.15) is 0 Å². The lowest BCUT2D eigenvalue weighted by Crippen LogP contribution is -2.52. The van der Waals surface area contributed by atoms with Crippen molar-refractivity contribution in [1.29, 1.82) is 0 Å². The summed E-state index contributed by atoms with van der Waals surface area (Å²) in [5.41, 5.74) is 6.73. The Balaban J connectivity index is 2.07. The largest absolute Gasteiger partial charge is 0.382 e. The number of hydrogen-bond acceptors (Lipinski definition) is 4. The minimum Gasteiger partial charge on any atom is -0.382 e. The zero-order valence-corrected chi connectivity index (χ0v) is 7.60. The molecule has 0 aliphatic carbocycles. The van der Waals surface area contributed by atoms with Crippen molar-refractivity contribution in [2.75, 3.05) is 30.8 Å². The molecule has 1 fully saturated rings. The van der Waals surface area contributed by atoms with Crippen LogP contribution in [0.25, 0.3) is 0 Å². The molecule has 1 saturated heterocycles. The van der Waals surface area contributed by atoms with Gasteiger partial charge in [0.25, 0.3) is 0 Å². The quantitative estimate of drug-likeness (QED) is 0.718. The molecule has 1 aromatic heterocycles. The molecule has 2 heterocycles. The molecule has 0 radical (unpaired) electrons. The number of anilines is 2. The van der Waals surface area contributed by atoms with Crippen LogP contribution >= 0.6 is 0 Å². The van der Waals surface area contributed by atoms with Crippen LogP contribution in [0.2, 0.25) is 0 Å². The first-order valence-corrected chi connectivity index (χ1v) is 4.29. The monoisotopic (exact) mass is 179 g/mol. The summed E-state index contributed by atoms with van der Waals surface area (Å²) in [7, 11) is 1.73. The minimum absolute atomic E-state index is 0.347. The Bertz CT molecular complexity index is 297. The molecule has 1 aromatic rings. The van der Waals surface area contributed by atoms with E-state index < -0.39 is 0 Å². The summed E-state index contributed by atoms with van der Waals surface area (Å²) in [6, 6.07) is 3.88. The van der Waals surface area contributed by atoms with Crippen molar-refractivity contribution in [2.24, 2.45) is 0 Å². The molecular formula is C9H13N3O. The van der Waals surface area contributed by atoms with Gasteiger partial charge in [-0.1, -0.05) is 0 Å². The molecule has 2 N–H and O–H groups in total. The van der Waals surface area contributed by atoms with Gasteiger partial charge in [-0.3, -0.25) is 0 Å². The fourth-order valence-electron chi connectivity index (χ4n) is 1.46. The second-order valence-electron chi connectivity index (χ2n) is 3.17. The van der Waals surface area contributed by atoms with Crippen molar-refractivity contribution in [2.45, 2.75) is 6.10 Å². The molecule has 0 bridgehead atoms. The van der Waals surface area contributed by atoms with Crippen LogP contribution in [0.3, 0.4) is 0 Å². The molecule has 0 spiro atoms. The molecular weight excluding hydrogens is 166 g/mol. The maximum atomic E-state index is 5.72. The van der Waals surface area contributed by atoms with Gasteiger partial charge in [0.15, 0.2) is 0 Å². The summed E-state index contributed by atoms with van der Waals surface area (Å²) in [6.45, 7) is 1.82. The predicted molar refractivity (Wildman–Crippen MR) is 51.7 cm³/mol. The van der Waals surface area contributed by atoms with Crippen molar-refractivity contribution >= 4 is 11.5 Å². The Morgan fingerprint density at radius 2 is 2.38 bits per heavy atom. The van der Waals surface area contributed by atoms with Gasteiger partial charge in [0.05, 0.1) is 11.8 Å². The third kappa shape index (κ3) is 1.45. The number of methoxy groups -OCH3 is 1. The van der Waals surface area contributed by atoms with Crippen molar-refractivity contribution in [3.05, 3.63) is 18.3 Å². The lowest BCUT2D eigenvalue weighted by atomic mass is 10.1. The Morgan fingerprint density at radius 3 is 3.00 bits per heavy atom. The molecule has 70 valence electrons. The van der Waals surface area contributed by atoms with Crippen LogP contribution in [0, 0.1) is 0 Å². The highest BCUT2D eigenvalue weighted by Gasteiger charge is 2.27. The van der Waals surface area contributed by atoms with Crippen LogP contribution in [-0.4, -0.2) is 31.3 Å². The fourth-order valence-corrected chi connectivity index (χ4v) is 1.46. The zero-order chi connectivity index (χ0) is 9.26. The van der Waals surface area contributed by atoms with Gasteiger partial charge in [0.2, 0.25) is 0 Å². The lowest BCUT2D eigenvalue weighted by molar-refractivity contribution is 0.0788. The Kier molecular flexibility index (Phi) is 2.06. The molecule has 0 atom stereocenters. The SMILES string of the molecule is COC1CN(c2cccnc2N)C1. The van der Waals surface area contributed by atoms with Gasteiger partial charge in [-0.05, 0) is 12.1 Å². The highest BCUT2D eigenvalue weighted by molar-refractivity contribution is 5.64. The first-order valence-electron chi connectivity index (χ1n) is 4.29. The molecule has 4 nitrogen and oxygen atoms in total. The van der Waals surface area contributed by atoms with E-state index in [1.165, 1.54) is 0 Å². The highest BCUT2D eigenvalue weighted by atomic mass is 16.5. The average molecular weight is 179 g/mol. The van der Waals surface area contributed by atoms with Crippen LogP contribution in [0.15, 0.2) is 18.3 Å². The van der Waals surface area contributed by atoms with Gasteiger partial charge in [0.1, 0.15) is 5.82 Å². The topological polar surface area (TPSA) is 51.4 Å². The second-order valence-corrected chi connectivity index (χ2v) is 3.17. The Labute approximate surface area is 77.3 Å². The molecule has 1 aliphatic rings. The summed E-state index contributed by atoms with van der Waals surface area (Å²) in [4.78, 5) is 6.19. The van der Waals surface area contributed by atoms with E-state index in [1.807, 2.05) is 12.1 Å². The van der Waals surface area contributed by atoms with Crippen molar-refractivity contribution in [3.63, 3.8) is 0 Å². The minimum atomic E-state index is 0.347. The summed E-state index contributed by atoms with van der Waals surface area (Å²) in [5, 5.41) is 0. The lowest BCUT2D eigenvalue weighted by Gasteiger charge is -2.40. The summed E-state index contributed by atoms with van der Waals surface area (Å²) in [5.74, 6) is 0.594. The predicted octanol–water partition coefficient (Wildman–Crippen LogP) is 0.499. The molecule has 0 unspecified atom stereocenters. The van der Waals surface area contributed by atoms with E-state index in [0.29, 0.717) is 11.9 Å². The molecule has 0 saturated carbocycles. The number of aromatic nitrogens is 1. The van der Waals surface area contributed by atoms with E-state index in [2.05, 4.69) is 9.88 Å². The highest BCUT2D eigenvalue weighted by Crippen LogP contribution is 2.25. The first kappa shape index (κ1) is 8.31. The molecule has 0 aromatic carbocycles. The third-order valence-electron chi connectivity index (χ3n) is 2.34. The number of nitrogens with two attached hydrogens (primary N) is 1. The Morgan fingerprint density at radius 1 is 1.62 bits per heavy atom. The normalized spacial score (nSPS) is 17.2. The average Bonchev–Trinajstić information content (AvgIpc) is 2.06. The first-order chi connectivity index (χ1) is 6.31. The van der Waals surface area contributed by atoms with E-state index in [4.69, 9.17) is 10.5 Å². The number of hydrogen-bond donors (Lipinski definition) is 1. The van der Waals surface area contributed by atoms with Crippen LogP contribution in [0.5, 0.6) is 0 Å². The summed E-state index contributed by atoms with van der Waals surface area (Å²) >= 11 is 0. The fraction of sp³-hybridized carbons (Fsp3) is 0.444. The maximum absolute atomic E-state index is 5.72. The van der Waals surface area contributed by atoms with E-state index in [-0.39, 0.29) is 0 Å². The van der Waals surface area contributed by atoms with Gasteiger partial charge in [-0.15, -0.1) is 0 Å². The van der Waals surface area contributed by atoms with Gasteiger partial charge in [-0.2, -0.15) is 0 Å². The van der Waals surface area contributed by atoms with Gasteiger partial charge in [0, 0.05) is 26.4 Å². The number of pyridine rings is 1. The maximum Gasteiger partial charge on any atom is 0.146 e. The van der Waals surface area contributed by atoms with Gasteiger partial charge >= 0.3 is 0 Å². The number of nitrogen functional groups attached to an aromatic ring is 1. The number of rotatable bonds is 2. The second kappa shape index (κ2) is 3.22. The third-order valence-corrected chi connectivity index (χ3v) is 2.34. The van der Waals surface area contributed by atoms with E-state index in [0.717, 1.165) is 18.8 Å². The van der Waals surface area contributed by atoms with E-state index >= 15 is 0 Å². The van der Waals surface area contributed by atoms with Crippen LogP contribution in [0.4, 0.5) is 11.5 Å². The van der Waals surface area contributed by atoms with Crippen molar-refractivity contribution in [1.82, 2.24) is 4.98 Å². The van der Waals surface area contributed by atoms with Crippen LogP contribution in [-0.2, 0) is 4.74 Å². The smallest absolute Gasteiger partial charge is 0.146 e. The molecule has 1 aliphatic heterocycles. The Hall–Kier alpha value is -1.29. The standard InChI is InChI=1S/C9H13N3O/c1-13-7-5-12(6-7)8-3-2-4-11-9(8)10/h2-4,7H,5-6H2,1H3,(H2,10,11). The molecule has 0 amide bonds. The molecule has 4 heteroatoms. The van der Waals surface area contributed by atoms with E-state index in [1.54, 1.807) is 13.3 Å². The summed E-state index contributed by atoms with van der Waals surface area (Å²) in [6.07, 6.45) is 2.05. The van der Waals surface area contributed by atoms with Gasteiger partial charge < -0.3 is 15.4 Å². The van der Waals surface area contributed by atoms with Crippen molar-refractivity contribution < 1.29 is 4.74 Å². The van der Waals surface area contributed by atoms with E-state index in [9.17, 15) is 0 Å². The number of nitrogens with zero attached hydrogens (tertiary/aromatic N) is 2. The summed E-state index contributed by atoms with van der Waals surface area (Å²) < 4.78 is 5.17. The van der Waals surface area contributed by atoms with Crippen LogP contribution < -0.4 is 10.6 Å². The van der Waals surface area contributed by atoms with Crippen molar-refractivity contribution in [3.8, 4) is 0 Å². The molecule has 13 heavy (non-hydrogen) atoms. The van der Waals surface area contributed by atoms with Gasteiger partial charge in [-0.25, -0.2) is 4.98 Å². The molecule has 2 rings (SSSR count).